The van der Waals surface area contributed by atoms with Gasteiger partial charge in [0.25, 0.3) is 0 Å². The molecule has 0 saturated heterocycles. The molecule has 2 aromatic carbocycles. The van der Waals surface area contributed by atoms with Crippen LogP contribution in [0.2, 0.25) is 0 Å². The number of hydrogen-bond donors (Lipinski definition) is 2. The quantitative estimate of drug-likeness (QED) is 0.725. The summed E-state index contributed by atoms with van der Waals surface area (Å²) in [4.78, 5) is 17.1. The molecule has 0 saturated carbocycles. The van der Waals surface area contributed by atoms with Gasteiger partial charge in [0, 0.05) is 43.7 Å². The summed E-state index contributed by atoms with van der Waals surface area (Å²) in [7, 11) is 3.57. The van der Waals surface area contributed by atoms with Gasteiger partial charge in [0.1, 0.15) is 0 Å². The summed E-state index contributed by atoms with van der Waals surface area (Å²) in [6.07, 6.45) is 2.09. The standard InChI is InChI=1S/C21H25N3O/c1-15(21(25)24(2)3)22-13-18(16-9-5-4-6-10-16)19-14-23-20-12-8-7-11-17(19)20/h4-12,14-15,18,22-23H,13H2,1-3H3/t15-,18-/m1/s1. The Kier molecular flexibility index (Phi) is 5.19. The lowest BCUT2D eigenvalue weighted by Gasteiger charge is -2.23. The molecule has 0 aliphatic carbocycles. The van der Waals surface area contributed by atoms with Crippen molar-refractivity contribution in [3.63, 3.8) is 0 Å². The van der Waals surface area contributed by atoms with Crippen LogP contribution in [-0.4, -0.2) is 42.5 Å². The molecule has 1 amide bonds. The fraction of sp³-hybridized carbons (Fsp3) is 0.286. The molecular weight excluding hydrogens is 310 g/mol. The van der Waals surface area contributed by atoms with Crippen LogP contribution in [0, 0.1) is 0 Å². The van der Waals surface area contributed by atoms with E-state index in [-0.39, 0.29) is 17.9 Å². The molecule has 2 N–H and O–H groups in total. The number of H-pyrrole nitrogens is 1. The molecule has 0 aliphatic heterocycles. The van der Waals surface area contributed by atoms with Crippen LogP contribution in [0.15, 0.2) is 60.8 Å². The highest BCUT2D eigenvalue weighted by atomic mass is 16.2. The van der Waals surface area contributed by atoms with E-state index in [9.17, 15) is 4.79 Å². The minimum Gasteiger partial charge on any atom is -0.361 e. The van der Waals surface area contributed by atoms with Crippen LogP contribution in [-0.2, 0) is 4.79 Å². The second-order valence-corrected chi connectivity index (χ2v) is 6.62. The first-order chi connectivity index (χ1) is 12.1. The Balaban J connectivity index is 1.90. The van der Waals surface area contributed by atoms with Crippen LogP contribution in [0.1, 0.15) is 24.0 Å². The maximum Gasteiger partial charge on any atom is 0.238 e. The summed E-state index contributed by atoms with van der Waals surface area (Å²) >= 11 is 0. The van der Waals surface area contributed by atoms with Crippen molar-refractivity contribution in [1.29, 1.82) is 0 Å². The fourth-order valence-electron chi connectivity index (χ4n) is 3.24. The highest BCUT2D eigenvalue weighted by molar-refractivity contribution is 5.84. The maximum atomic E-state index is 12.1. The zero-order chi connectivity index (χ0) is 17.8. The van der Waals surface area contributed by atoms with Crippen molar-refractivity contribution >= 4 is 16.8 Å². The van der Waals surface area contributed by atoms with E-state index in [0.29, 0.717) is 6.54 Å². The Morgan fingerprint density at radius 2 is 1.76 bits per heavy atom. The van der Waals surface area contributed by atoms with Crippen LogP contribution >= 0.6 is 0 Å². The van der Waals surface area contributed by atoms with Gasteiger partial charge < -0.3 is 15.2 Å². The lowest BCUT2D eigenvalue weighted by atomic mass is 9.90. The van der Waals surface area contributed by atoms with E-state index < -0.39 is 0 Å². The monoisotopic (exact) mass is 335 g/mol. The average Bonchev–Trinajstić information content (AvgIpc) is 3.06. The lowest BCUT2D eigenvalue weighted by Crippen LogP contribution is -2.43. The Labute approximate surface area is 148 Å². The van der Waals surface area contributed by atoms with Crippen molar-refractivity contribution < 1.29 is 4.79 Å². The normalized spacial score (nSPS) is 13.6. The number of hydrogen-bond acceptors (Lipinski definition) is 2. The van der Waals surface area contributed by atoms with Crippen molar-refractivity contribution in [2.45, 2.75) is 18.9 Å². The van der Waals surface area contributed by atoms with E-state index >= 15 is 0 Å². The number of likely N-dealkylation sites (N-methyl/N-ethyl adjacent to an activating group) is 1. The van der Waals surface area contributed by atoms with Crippen molar-refractivity contribution in [3.8, 4) is 0 Å². The van der Waals surface area contributed by atoms with Gasteiger partial charge in [0.15, 0.2) is 0 Å². The van der Waals surface area contributed by atoms with E-state index in [1.165, 1.54) is 16.5 Å². The average molecular weight is 335 g/mol. The largest absolute Gasteiger partial charge is 0.361 e. The van der Waals surface area contributed by atoms with Crippen molar-refractivity contribution in [1.82, 2.24) is 15.2 Å². The summed E-state index contributed by atoms with van der Waals surface area (Å²) in [6.45, 7) is 2.62. The Morgan fingerprint density at radius 1 is 1.08 bits per heavy atom. The van der Waals surface area contributed by atoms with Crippen LogP contribution in [0.4, 0.5) is 0 Å². The van der Waals surface area contributed by atoms with Crippen LogP contribution in [0.3, 0.4) is 0 Å². The second-order valence-electron chi connectivity index (χ2n) is 6.62. The molecule has 0 unspecified atom stereocenters. The first-order valence-corrected chi connectivity index (χ1v) is 8.63. The van der Waals surface area contributed by atoms with E-state index in [1.54, 1.807) is 19.0 Å². The van der Waals surface area contributed by atoms with Gasteiger partial charge in [-0.2, -0.15) is 0 Å². The molecule has 0 aliphatic rings. The zero-order valence-corrected chi connectivity index (χ0v) is 15.0. The summed E-state index contributed by atoms with van der Waals surface area (Å²) in [5.41, 5.74) is 3.62. The van der Waals surface area contributed by atoms with E-state index in [1.807, 2.05) is 19.1 Å². The Bertz CT molecular complexity index is 838. The lowest BCUT2D eigenvalue weighted by molar-refractivity contribution is -0.130. The molecule has 130 valence electrons. The molecule has 0 bridgehead atoms. The topological polar surface area (TPSA) is 48.1 Å². The van der Waals surface area contributed by atoms with Crippen molar-refractivity contribution in [2.24, 2.45) is 0 Å². The first-order valence-electron chi connectivity index (χ1n) is 8.63. The molecule has 4 nitrogen and oxygen atoms in total. The number of aromatic nitrogens is 1. The predicted octanol–water partition coefficient (Wildman–Crippen LogP) is 3.37. The maximum absolute atomic E-state index is 12.1. The zero-order valence-electron chi connectivity index (χ0n) is 15.0. The SMILES string of the molecule is C[C@@H](NC[C@H](c1ccccc1)c1c[nH]c2ccccc12)C(=O)N(C)C. The number of fused-ring (bicyclic) bond motifs is 1. The number of benzene rings is 2. The van der Waals surface area contributed by atoms with Crippen LogP contribution < -0.4 is 5.32 Å². The van der Waals surface area contributed by atoms with Crippen molar-refractivity contribution in [2.75, 3.05) is 20.6 Å². The molecule has 0 radical (unpaired) electrons. The third kappa shape index (κ3) is 3.74. The minimum atomic E-state index is -0.216. The van der Waals surface area contributed by atoms with Gasteiger partial charge in [-0.3, -0.25) is 4.79 Å². The molecule has 0 fully saturated rings. The first kappa shape index (κ1) is 17.2. The molecule has 3 aromatic rings. The van der Waals surface area contributed by atoms with E-state index in [0.717, 1.165) is 5.52 Å². The fourth-order valence-corrected chi connectivity index (χ4v) is 3.24. The number of nitrogens with one attached hydrogen (secondary N) is 2. The molecular formula is C21H25N3O. The molecule has 4 heteroatoms. The number of aromatic amines is 1. The van der Waals surface area contributed by atoms with Crippen LogP contribution in [0.5, 0.6) is 0 Å². The minimum absolute atomic E-state index is 0.0886. The third-order valence-corrected chi connectivity index (χ3v) is 4.64. The summed E-state index contributed by atoms with van der Waals surface area (Å²) in [5.74, 6) is 0.264. The number of amides is 1. The van der Waals surface area contributed by atoms with Gasteiger partial charge in [0.05, 0.1) is 6.04 Å². The summed E-state index contributed by atoms with van der Waals surface area (Å²) in [5, 5.41) is 4.64. The van der Waals surface area contributed by atoms with Gasteiger partial charge in [-0.1, -0.05) is 48.5 Å². The highest BCUT2D eigenvalue weighted by Gasteiger charge is 2.21. The molecule has 2 atom stereocenters. The molecule has 1 heterocycles. The van der Waals surface area contributed by atoms with Gasteiger partial charge in [-0.15, -0.1) is 0 Å². The number of carbonyl (C=O) groups excluding carboxylic acids is 1. The molecule has 1 aromatic heterocycles. The number of rotatable bonds is 6. The van der Waals surface area contributed by atoms with E-state index in [4.69, 9.17) is 0 Å². The summed E-state index contributed by atoms with van der Waals surface area (Å²) < 4.78 is 0. The summed E-state index contributed by atoms with van der Waals surface area (Å²) in [6, 6.07) is 18.6. The molecule has 3 rings (SSSR count). The predicted molar refractivity (Wildman–Crippen MR) is 103 cm³/mol. The highest BCUT2D eigenvalue weighted by Crippen LogP contribution is 2.30. The molecule has 0 spiro atoms. The van der Waals surface area contributed by atoms with Crippen LogP contribution in [0.25, 0.3) is 10.9 Å². The number of carbonyl (C=O) groups is 1. The van der Waals surface area contributed by atoms with E-state index in [2.05, 4.69) is 59.0 Å². The number of nitrogens with zero attached hydrogens (tertiary/aromatic N) is 1. The third-order valence-electron chi connectivity index (χ3n) is 4.64. The molecule has 25 heavy (non-hydrogen) atoms. The van der Waals surface area contributed by atoms with Crippen molar-refractivity contribution in [3.05, 3.63) is 71.9 Å². The number of para-hydroxylation sites is 1. The Morgan fingerprint density at radius 3 is 2.48 bits per heavy atom. The van der Waals surface area contributed by atoms with Gasteiger partial charge >= 0.3 is 0 Å². The Hall–Kier alpha value is -2.59. The van der Waals surface area contributed by atoms with Gasteiger partial charge in [-0.25, -0.2) is 0 Å². The smallest absolute Gasteiger partial charge is 0.238 e. The van der Waals surface area contributed by atoms with Gasteiger partial charge in [0.2, 0.25) is 5.91 Å². The van der Waals surface area contributed by atoms with Gasteiger partial charge in [-0.05, 0) is 24.1 Å². The second kappa shape index (κ2) is 7.53.